The van der Waals surface area contributed by atoms with Gasteiger partial charge in [0.1, 0.15) is 12.4 Å². The van der Waals surface area contributed by atoms with Gasteiger partial charge in [-0.2, -0.15) is 0 Å². The zero-order valence-corrected chi connectivity index (χ0v) is 11.4. The van der Waals surface area contributed by atoms with Crippen molar-refractivity contribution in [2.24, 2.45) is 0 Å². The number of carbonyl (C=O) groups is 2. The largest absolute Gasteiger partial charge is 0.480 e. The van der Waals surface area contributed by atoms with E-state index < -0.39 is 18.6 Å². The summed E-state index contributed by atoms with van der Waals surface area (Å²) in [6.07, 6.45) is -0.424. The maximum absolute atomic E-state index is 13.7. The molecule has 1 heterocycles. The third-order valence-electron chi connectivity index (χ3n) is 3.21. The number of carboxylic acid groups (broad SMARTS) is 1. The van der Waals surface area contributed by atoms with Crippen LogP contribution in [0.1, 0.15) is 11.7 Å². The summed E-state index contributed by atoms with van der Waals surface area (Å²) >= 11 is 0. The highest BCUT2D eigenvalue weighted by molar-refractivity contribution is 5.82. The van der Waals surface area contributed by atoms with Gasteiger partial charge in [-0.3, -0.25) is 14.5 Å². The van der Waals surface area contributed by atoms with Gasteiger partial charge in [-0.25, -0.2) is 4.39 Å². The molecule has 0 radical (unpaired) electrons. The van der Waals surface area contributed by atoms with E-state index >= 15 is 0 Å². The van der Waals surface area contributed by atoms with E-state index in [2.05, 4.69) is 5.32 Å². The number of nitrogens with zero attached hydrogens (tertiary/aromatic N) is 1. The first-order valence-electron chi connectivity index (χ1n) is 6.63. The number of aliphatic carboxylic acids is 1. The molecular weight excluding hydrogens is 279 g/mol. The number of carboxylic acids is 1. The number of benzene rings is 1. The molecule has 2 N–H and O–H groups in total. The molecule has 1 aliphatic rings. The fraction of sp³-hybridized carbons (Fsp3) is 0.429. The van der Waals surface area contributed by atoms with Crippen LogP contribution in [0.2, 0.25) is 0 Å². The Morgan fingerprint density at radius 3 is 2.90 bits per heavy atom. The average Bonchev–Trinajstić information content (AvgIpc) is 2.46. The predicted octanol–water partition coefficient (Wildman–Crippen LogP) is 0.400. The Hall–Kier alpha value is -1.99. The number of hydrogen-bond acceptors (Lipinski definition) is 4. The quantitative estimate of drug-likeness (QED) is 0.822. The summed E-state index contributed by atoms with van der Waals surface area (Å²) in [5, 5.41) is 10.8. The molecule has 6 nitrogen and oxygen atoms in total. The third kappa shape index (κ3) is 4.51. The lowest BCUT2D eigenvalue weighted by atomic mass is 10.1. The lowest BCUT2D eigenvalue weighted by Crippen LogP contribution is -2.45. The van der Waals surface area contributed by atoms with E-state index in [1.165, 1.54) is 6.07 Å². The van der Waals surface area contributed by atoms with Crippen LogP contribution in [0.15, 0.2) is 24.3 Å². The monoisotopic (exact) mass is 296 g/mol. The fourth-order valence-corrected chi connectivity index (χ4v) is 2.20. The minimum Gasteiger partial charge on any atom is -0.480 e. The lowest BCUT2D eigenvalue weighted by molar-refractivity contribution is -0.138. The summed E-state index contributed by atoms with van der Waals surface area (Å²) in [6, 6.07) is 6.38. The van der Waals surface area contributed by atoms with Crippen molar-refractivity contribution in [2.45, 2.75) is 6.10 Å². The van der Waals surface area contributed by atoms with Gasteiger partial charge in [0.05, 0.1) is 19.3 Å². The molecule has 1 atom stereocenters. The number of carbonyl (C=O) groups excluding carboxylic acids is 1. The van der Waals surface area contributed by atoms with Crippen molar-refractivity contribution in [3.8, 4) is 0 Å². The summed E-state index contributed by atoms with van der Waals surface area (Å²) in [5.41, 5.74) is 0.466. The topological polar surface area (TPSA) is 78.9 Å². The molecule has 1 amide bonds. The van der Waals surface area contributed by atoms with Crippen LogP contribution in [0.25, 0.3) is 0 Å². The molecule has 1 fully saturated rings. The van der Waals surface area contributed by atoms with Gasteiger partial charge in [-0.15, -0.1) is 0 Å². The number of rotatable bonds is 5. The minimum atomic E-state index is -1.09. The van der Waals surface area contributed by atoms with Crippen LogP contribution in [0.4, 0.5) is 4.39 Å². The Morgan fingerprint density at radius 2 is 2.19 bits per heavy atom. The SMILES string of the molecule is O=C(O)CNC(=O)CN1CCOC(c2ccccc2F)C1. The highest BCUT2D eigenvalue weighted by atomic mass is 19.1. The summed E-state index contributed by atoms with van der Waals surface area (Å²) in [4.78, 5) is 23.8. The number of hydrogen-bond donors (Lipinski definition) is 2. The van der Waals surface area contributed by atoms with Crippen molar-refractivity contribution in [3.63, 3.8) is 0 Å². The van der Waals surface area contributed by atoms with Crippen molar-refractivity contribution in [2.75, 3.05) is 32.8 Å². The van der Waals surface area contributed by atoms with Gasteiger partial charge in [0.2, 0.25) is 5.91 Å². The maximum atomic E-state index is 13.7. The molecule has 0 spiro atoms. The van der Waals surface area contributed by atoms with E-state index in [4.69, 9.17) is 9.84 Å². The van der Waals surface area contributed by atoms with Crippen molar-refractivity contribution in [1.29, 1.82) is 0 Å². The molecular formula is C14H17FN2O4. The standard InChI is InChI=1S/C14H17FN2O4/c15-11-4-2-1-3-10(11)12-8-17(5-6-21-12)9-13(18)16-7-14(19)20/h1-4,12H,5-9H2,(H,16,18)(H,19,20). The zero-order chi connectivity index (χ0) is 15.2. The number of amides is 1. The van der Waals surface area contributed by atoms with Crippen molar-refractivity contribution in [1.82, 2.24) is 10.2 Å². The van der Waals surface area contributed by atoms with Crippen LogP contribution >= 0.6 is 0 Å². The van der Waals surface area contributed by atoms with E-state index in [-0.39, 0.29) is 18.3 Å². The molecule has 0 aliphatic carbocycles. The van der Waals surface area contributed by atoms with Crippen molar-refractivity contribution in [3.05, 3.63) is 35.6 Å². The predicted molar refractivity (Wildman–Crippen MR) is 72.2 cm³/mol. The smallest absolute Gasteiger partial charge is 0.322 e. The summed E-state index contributed by atoms with van der Waals surface area (Å²) in [7, 11) is 0. The van der Waals surface area contributed by atoms with Gasteiger partial charge >= 0.3 is 5.97 Å². The summed E-state index contributed by atoms with van der Waals surface area (Å²) < 4.78 is 19.3. The highest BCUT2D eigenvalue weighted by Crippen LogP contribution is 2.24. The molecule has 0 bridgehead atoms. The Kier molecular flexibility index (Phi) is 5.24. The molecule has 1 saturated heterocycles. The molecule has 0 aromatic heterocycles. The maximum Gasteiger partial charge on any atom is 0.322 e. The molecule has 1 aromatic rings. The van der Waals surface area contributed by atoms with Crippen LogP contribution in [0.3, 0.4) is 0 Å². The van der Waals surface area contributed by atoms with Crippen LogP contribution in [-0.4, -0.2) is 54.7 Å². The molecule has 21 heavy (non-hydrogen) atoms. The Balaban J connectivity index is 1.90. The van der Waals surface area contributed by atoms with Crippen molar-refractivity contribution < 1.29 is 23.8 Å². The molecule has 2 rings (SSSR count). The van der Waals surface area contributed by atoms with E-state index in [0.717, 1.165) is 0 Å². The molecule has 7 heteroatoms. The van der Waals surface area contributed by atoms with Gasteiger partial charge in [0.25, 0.3) is 0 Å². The van der Waals surface area contributed by atoms with E-state index in [0.29, 0.717) is 25.3 Å². The second kappa shape index (κ2) is 7.14. The van der Waals surface area contributed by atoms with Crippen LogP contribution < -0.4 is 5.32 Å². The first kappa shape index (κ1) is 15.4. The number of morpholine rings is 1. The van der Waals surface area contributed by atoms with E-state index in [1.807, 2.05) is 4.90 Å². The average molecular weight is 296 g/mol. The van der Waals surface area contributed by atoms with E-state index in [1.54, 1.807) is 18.2 Å². The second-order valence-electron chi connectivity index (χ2n) is 4.79. The third-order valence-corrected chi connectivity index (χ3v) is 3.21. The van der Waals surface area contributed by atoms with Crippen LogP contribution in [-0.2, 0) is 14.3 Å². The van der Waals surface area contributed by atoms with Gasteiger partial charge in [-0.05, 0) is 6.07 Å². The number of halogens is 1. The normalized spacial score (nSPS) is 19.2. The Labute approximate surface area is 121 Å². The van der Waals surface area contributed by atoms with Crippen LogP contribution in [0.5, 0.6) is 0 Å². The Bertz CT molecular complexity index is 523. The molecule has 0 saturated carbocycles. The Morgan fingerprint density at radius 1 is 1.43 bits per heavy atom. The van der Waals surface area contributed by atoms with Crippen LogP contribution in [0, 0.1) is 5.82 Å². The minimum absolute atomic E-state index is 0.0710. The molecule has 114 valence electrons. The molecule has 1 aromatic carbocycles. The summed E-state index contributed by atoms with van der Waals surface area (Å²) in [6.45, 7) is 1.000. The van der Waals surface area contributed by atoms with E-state index in [9.17, 15) is 14.0 Å². The van der Waals surface area contributed by atoms with Gasteiger partial charge in [-0.1, -0.05) is 18.2 Å². The van der Waals surface area contributed by atoms with Gasteiger partial charge in [0, 0.05) is 18.7 Å². The first-order valence-corrected chi connectivity index (χ1v) is 6.63. The molecule has 1 aliphatic heterocycles. The molecule has 1 unspecified atom stereocenters. The number of ether oxygens (including phenoxy) is 1. The van der Waals surface area contributed by atoms with Gasteiger partial charge < -0.3 is 15.2 Å². The fourth-order valence-electron chi connectivity index (χ4n) is 2.20. The second-order valence-corrected chi connectivity index (χ2v) is 4.79. The zero-order valence-electron chi connectivity index (χ0n) is 11.4. The van der Waals surface area contributed by atoms with Crippen molar-refractivity contribution >= 4 is 11.9 Å². The highest BCUT2D eigenvalue weighted by Gasteiger charge is 2.25. The number of nitrogens with one attached hydrogen (secondary N) is 1. The first-order chi connectivity index (χ1) is 10.1. The van der Waals surface area contributed by atoms with Gasteiger partial charge in [0.15, 0.2) is 0 Å². The lowest BCUT2D eigenvalue weighted by Gasteiger charge is -2.32. The summed E-state index contributed by atoms with van der Waals surface area (Å²) in [5.74, 6) is -1.79.